The molecule has 8 heteroatoms. The Labute approximate surface area is 171 Å². The van der Waals surface area contributed by atoms with Gasteiger partial charge in [-0.05, 0) is 38.0 Å². The molecule has 1 fully saturated rings. The third kappa shape index (κ3) is 5.50. The van der Waals surface area contributed by atoms with E-state index >= 15 is 0 Å². The van der Waals surface area contributed by atoms with Crippen LogP contribution >= 0.6 is 11.8 Å². The van der Waals surface area contributed by atoms with Gasteiger partial charge >= 0.3 is 0 Å². The van der Waals surface area contributed by atoms with Crippen molar-refractivity contribution in [1.29, 1.82) is 0 Å². The molecule has 1 aromatic carbocycles. The summed E-state index contributed by atoms with van der Waals surface area (Å²) in [5.41, 5.74) is 0.521. The summed E-state index contributed by atoms with van der Waals surface area (Å²) in [6.45, 7) is 1.81. The van der Waals surface area contributed by atoms with Crippen LogP contribution in [0, 0.1) is 0 Å². The zero-order valence-electron chi connectivity index (χ0n) is 16.2. The molecule has 0 spiro atoms. The fourth-order valence-corrected chi connectivity index (χ4v) is 5.82. The summed E-state index contributed by atoms with van der Waals surface area (Å²) in [6, 6.07) is 4.93. The van der Waals surface area contributed by atoms with Crippen LogP contribution in [0.25, 0.3) is 0 Å². The highest BCUT2D eigenvalue weighted by Crippen LogP contribution is 2.36. The molecular formula is C20H28N2O4S2. The maximum absolute atomic E-state index is 12.7. The molecule has 28 heavy (non-hydrogen) atoms. The van der Waals surface area contributed by atoms with Gasteiger partial charge in [0, 0.05) is 17.4 Å². The largest absolute Gasteiger partial charge is 0.353 e. The molecule has 1 aliphatic heterocycles. The second kappa shape index (κ2) is 9.31. The van der Waals surface area contributed by atoms with Crippen LogP contribution in [0.15, 0.2) is 28.0 Å². The molecule has 6 nitrogen and oxygen atoms in total. The van der Waals surface area contributed by atoms with Crippen LogP contribution in [0.5, 0.6) is 0 Å². The van der Waals surface area contributed by atoms with Gasteiger partial charge in [0.1, 0.15) is 0 Å². The molecule has 0 aromatic heterocycles. The molecule has 1 aromatic rings. The van der Waals surface area contributed by atoms with Gasteiger partial charge in [0.15, 0.2) is 9.84 Å². The van der Waals surface area contributed by atoms with Gasteiger partial charge in [-0.2, -0.15) is 0 Å². The molecule has 1 atom stereocenters. The van der Waals surface area contributed by atoms with Gasteiger partial charge in [-0.3, -0.25) is 9.59 Å². The van der Waals surface area contributed by atoms with Gasteiger partial charge < -0.3 is 10.6 Å². The topological polar surface area (TPSA) is 92.3 Å². The lowest BCUT2D eigenvalue weighted by Gasteiger charge is -2.22. The van der Waals surface area contributed by atoms with Gasteiger partial charge in [-0.1, -0.05) is 32.1 Å². The maximum atomic E-state index is 12.7. The standard InChI is InChI=1S/C20H28N2O4S2/c1-14-20(24)22-17-13-16(9-10-18(17)27-14)28(25,26)12-11-19(23)21-15-7-5-3-2-4-6-8-15/h9-10,13-15H,2-8,11-12H2,1H3,(H,21,23)(H,22,24)/t14-/m0/s1. The maximum Gasteiger partial charge on any atom is 0.237 e. The van der Waals surface area contributed by atoms with Crippen LogP contribution in [0.2, 0.25) is 0 Å². The number of hydrogen-bond acceptors (Lipinski definition) is 5. The van der Waals surface area contributed by atoms with Crippen LogP contribution in [-0.2, 0) is 19.4 Å². The number of anilines is 1. The van der Waals surface area contributed by atoms with Crippen molar-refractivity contribution in [3.05, 3.63) is 18.2 Å². The number of carbonyl (C=O) groups excluding carboxylic acids is 2. The van der Waals surface area contributed by atoms with Gasteiger partial charge in [-0.25, -0.2) is 8.42 Å². The highest BCUT2D eigenvalue weighted by Gasteiger charge is 2.25. The Morgan fingerprint density at radius 3 is 2.57 bits per heavy atom. The number of hydrogen-bond donors (Lipinski definition) is 2. The summed E-state index contributed by atoms with van der Waals surface area (Å²) in [6.07, 6.45) is 7.78. The van der Waals surface area contributed by atoms with Gasteiger partial charge in [0.25, 0.3) is 0 Å². The van der Waals surface area contributed by atoms with Crippen molar-refractivity contribution in [2.45, 2.75) is 79.4 Å². The molecule has 1 saturated carbocycles. The molecule has 3 rings (SSSR count). The predicted octanol–water partition coefficient (Wildman–Crippen LogP) is 3.51. The molecule has 0 bridgehead atoms. The number of rotatable bonds is 5. The summed E-state index contributed by atoms with van der Waals surface area (Å²) in [5, 5.41) is 5.55. The number of amides is 2. The van der Waals surface area contributed by atoms with Crippen molar-refractivity contribution < 1.29 is 18.0 Å². The van der Waals surface area contributed by atoms with E-state index in [0.717, 1.165) is 30.6 Å². The van der Waals surface area contributed by atoms with E-state index in [0.29, 0.717) is 5.69 Å². The number of nitrogens with one attached hydrogen (secondary N) is 2. The van der Waals surface area contributed by atoms with Crippen molar-refractivity contribution in [2.75, 3.05) is 11.1 Å². The smallest absolute Gasteiger partial charge is 0.237 e. The van der Waals surface area contributed by atoms with E-state index in [1.165, 1.54) is 37.1 Å². The molecule has 0 saturated heterocycles. The molecule has 2 N–H and O–H groups in total. The molecule has 2 aliphatic rings. The van der Waals surface area contributed by atoms with Crippen LogP contribution in [-0.4, -0.2) is 37.3 Å². The first-order valence-electron chi connectivity index (χ1n) is 9.99. The lowest BCUT2D eigenvalue weighted by Crippen LogP contribution is -2.36. The summed E-state index contributed by atoms with van der Waals surface area (Å²) in [5.74, 6) is -0.572. The summed E-state index contributed by atoms with van der Waals surface area (Å²) in [7, 11) is -3.60. The lowest BCUT2D eigenvalue weighted by molar-refractivity contribution is -0.121. The molecule has 2 amide bonds. The predicted molar refractivity (Wildman–Crippen MR) is 111 cm³/mol. The Balaban J connectivity index is 1.58. The van der Waals surface area contributed by atoms with E-state index in [4.69, 9.17) is 0 Å². The van der Waals surface area contributed by atoms with Crippen molar-refractivity contribution in [3.63, 3.8) is 0 Å². The first-order chi connectivity index (χ1) is 13.3. The summed E-state index contributed by atoms with van der Waals surface area (Å²) in [4.78, 5) is 25.1. The number of sulfone groups is 1. The zero-order chi connectivity index (χ0) is 20.1. The SMILES string of the molecule is C[C@@H]1Sc2ccc(S(=O)(=O)CCC(=O)NC3CCCCCCC3)cc2NC1=O. The Bertz CT molecular complexity index is 831. The zero-order valence-corrected chi connectivity index (χ0v) is 17.8. The average Bonchev–Trinajstić information content (AvgIpc) is 2.63. The van der Waals surface area contributed by atoms with Crippen LogP contribution in [0.1, 0.15) is 58.3 Å². The third-order valence-corrected chi connectivity index (χ3v) is 8.20. The van der Waals surface area contributed by atoms with E-state index in [1.54, 1.807) is 12.1 Å². The first-order valence-corrected chi connectivity index (χ1v) is 12.5. The first kappa shape index (κ1) is 21.2. The monoisotopic (exact) mass is 424 g/mol. The quantitative estimate of drug-likeness (QED) is 0.755. The average molecular weight is 425 g/mol. The van der Waals surface area contributed by atoms with Crippen molar-refractivity contribution in [3.8, 4) is 0 Å². The normalized spacial score (nSPS) is 21.2. The van der Waals surface area contributed by atoms with E-state index in [9.17, 15) is 18.0 Å². The lowest BCUT2D eigenvalue weighted by atomic mass is 9.97. The number of fused-ring (bicyclic) bond motifs is 1. The van der Waals surface area contributed by atoms with Crippen LogP contribution < -0.4 is 10.6 Å². The van der Waals surface area contributed by atoms with E-state index in [1.807, 2.05) is 6.92 Å². The van der Waals surface area contributed by atoms with Gasteiger partial charge in [0.05, 0.1) is 21.6 Å². The molecule has 0 radical (unpaired) electrons. The van der Waals surface area contributed by atoms with Crippen LogP contribution in [0.3, 0.4) is 0 Å². The van der Waals surface area contributed by atoms with Crippen LogP contribution in [0.4, 0.5) is 5.69 Å². The molecule has 1 aliphatic carbocycles. The third-order valence-electron chi connectivity index (χ3n) is 5.31. The van der Waals surface area contributed by atoms with Gasteiger partial charge in [-0.15, -0.1) is 11.8 Å². The number of benzene rings is 1. The van der Waals surface area contributed by atoms with E-state index in [-0.39, 0.29) is 40.2 Å². The fraction of sp³-hybridized carbons (Fsp3) is 0.600. The van der Waals surface area contributed by atoms with Crippen molar-refractivity contribution in [2.24, 2.45) is 0 Å². The minimum atomic E-state index is -3.60. The van der Waals surface area contributed by atoms with E-state index < -0.39 is 9.84 Å². The fourth-order valence-electron chi connectivity index (χ4n) is 3.63. The molecule has 154 valence electrons. The summed E-state index contributed by atoms with van der Waals surface area (Å²) < 4.78 is 25.3. The highest BCUT2D eigenvalue weighted by molar-refractivity contribution is 8.01. The Hall–Kier alpha value is -1.54. The second-order valence-corrected chi connectivity index (χ2v) is 11.1. The Kier molecular flexibility index (Phi) is 7.04. The molecular weight excluding hydrogens is 396 g/mol. The molecule has 1 heterocycles. The minimum absolute atomic E-state index is 0.0476. The summed E-state index contributed by atoms with van der Waals surface area (Å²) >= 11 is 1.41. The number of thioether (sulfide) groups is 1. The Morgan fingerprint density at radius 2 is 1.86 bits per heavy atom. The van der Waals surface area contributed by atoms with E-state index in [2.05, 4.69) is 10.6 Å². The second-order valence-electron chi connectivity index (χ2n) is 7.59. The number of carbonyl (C=O) groups is 2. The van der Waals surface area contributed by atoms with Crippen molar-refractivity contribution in [1.82, 2.24) is 5.32 Å². The van der Waals surface area contributed by atoms with Crippen molar-refractivity contribution >= 4 is 39.1 Å². The molecule has 0 unspecified atom stereocenters. The Morgan fingerprint density at radius 1 is 1.18 bits per heavy atom. The van der Waals surface area contributed by atoms with Gasteiger partial charge in [0.2, 0.25) is 11.8 Å². The highest BCUT2D eigenvalue weighted by atomic mass is 32.2. The minimum Gasteiger partial charge on any atom is -0.353 e.